The fourth-order valence-corrected chi connectivity index (χ4v) is 2.15. The zero-order valence-electron chi connectivity index (χ0n) is 11.2. The number of carbonyl (C=O) groups excluding carboxylic acids is 2. The molecule has 1 fully saturated rings. The van der Waals surface area contributed by atoms with Gasteiger partial charge in [-0.1, -0.05) is 0 Å². The van der Waals surface area contributed by atoms with Crippen molar-refractivity contribution in [3.8, 4) is 5.75 Å². The Morgan fingerprint density at radius 2 is 1.95 bits per heavy atom. The Labute approximate surface area is 112 Å². The molecule has 1 aromatic rings. The van der Waals surface area contributed by atoms with E-state index in [4.69, 9.17) is 4.74 Å². The van der Waals surface area contributed by atoms with Crippen LogP contribution in [0.25, 0.3) is 0 Å². The molecule has 2 rings (SSSR count). The van der Waals surface area contributed by atoms with E-state index in [-0.39, 0.29) is 0 Å². The quantitative estimate of drug-likeness (QED) is 0.641. The molecule has 0 radical (unpaired) electrons. The van der Waals surface area contributed by atoms with Gasteiger partial charge in [0.1, 0.15) is 5.75 Å². The van der Waals surface area contributed by atoms with Gasteiger partial charge in [0, 0.05) is 31.7 Å². The molecule has 1 aliphatic heterocycles. The molecule has 1 amide bonds. The maximum absolute atomic E-state index is 12.1. The van der Waals surface area contributed by atoms with Gasteiger partial charge < -0.3 is 15.0 Å². The van der Waals surface area contributed by atoms with Crippen LogP contribution in [0.5, 0.6) is 5.75 Å². The van der Waals surface area contributed by atoms with Gasteiger partial charge in [0.25, 0.3) is 5.91 Å². The van der Waals surface area contributed by atoms with Crippen LogP contribution in [0.2, 0.25) is 0 Å². The molecule has 19 heavy (non-hydrogen) atoms. The van der Waals surface area contributed by atoms with Crippen molar-refractivity contribution < 1.29 is 14.3 Å². The highest BCUT2D eigenvalue weighted by Gasteiger charge is 2.24. The maximum atomic E-state index is 12.1. The molecule has 102 valence electrons. The normalized spacial score (nSPS) is 15.2. The molecule has 5 nitrogen and oxygen atoms in total. The van der Waals surface area contributed by atoms with Crippen LogP contribution in [0.4, 0.5) is 0 Å². The zero-order valence-corrected chi connectivity index (χ0v) is 11.2. The second kappa shape index (κ2) is 5.84. The number of aryl methyl sites for hydroxylation is 1. The van der Waals surface area contributed by atoms with E-state index < -0.39 is 11.7 Å². The maximum Gasteiger partial charge on any atom is 0.295 e. The van der Waals surface area contributed by atoms with Crippen LogP contribution in [0, 0.1) is 6.92 Å². The molecule has 1 aliphatic rings. The Morgan fingerprint density at radius 3 is 2.53 bits per heavy atom. The van der Waals surface area contributed by atoms with Gasteiger partial charge in [0.2, 0.25) is 5.78 Å². The highest BCUT2D eigenvalue weighted by atomic mass is 16.5. The molecular weight excluding hydrogens is 244 g/mol. The summed E-state index contributed by atoms with van der Waals surface area (Å²) < 4.78 is 5.14. The number of ketones is 1. The molecule has 0 spiro atoms. The Balaban J connectivity index is 2.14. The van der Waals surface area contributed by atoms with Crippen molar-refractivity contribution in [2.75, 3.05) is 33.3 Å². The van der Waals surface area contributed by atoms with E-state index >= 15 is 0 Å². The van der Waals surface area contributed by atoms with Gasteiger partial charge in [0.15, 0.2) is 0 Å². The summed E-state index contributed by atoms with van der Waals surface area (Å²) in [5.41, 5.74) is 1.27. The molecule has 0 aromatic heterocycles. The van der Waals surface area contributed by atoms with E-state index in [1.54, 1.807) is 30.2 Å². The lowest BCUT2D eigenvalue weighted by atomic mass is 10.1. The Hall–Kier alpha value is -1.88. The summed E-state index contributed by atoms with van der Waals surface area (Å²) >= 11 is 0. The Kier molecular flexibility index (Phi) is 4.16. The number of ether oxygens (including phenoxy) is 1. The van der Waals surface area contributed by atoms with Gasteiger partial charge in [-0.25, -0.2) is 0 Å². The number of nitrogens with zero attached hydrogens (tertiary/aromatic N) is 1. The first-order valence-corrected chi connectivity index (χ1v) is 6.32. The second-order valence-electron chi connectivity index (χ2n) is 4.56. The Bertz CT molecular complexity index is 493. The first-order valence-electron chi connectivity index (χ1n) is 6.32. The monoisotopic (exact) mass is 262 g/mol. The number of nitrogens with one attached hydrogen (secondary N) is 1. The third-order valence-electron chi connectivity index (χ3n) is 3.26. The number of amides is 1. The van der Waals surface area contributed by atoms with Crippen molar-refractivity contribution in [2.24, 2.45) is 0 Å². The summed E-state index contributed by atoms with van der Waals surface area (Å²) in [6, 6.07) is 5.04. The summed E-state index contributed by atoms with van der Waals surface area (Å²) in [5.74, 6) is -0.162. The number of methoxy groups -OCH3 is 1. The molecule has 0 aliphatic carbocycles. The summed E-state index contributed by atoms with van der Waals surface area (Å²) in [7, 11) is 1.58. The largest absolute Gasteiger partial charge is 0.496 e. The average Bonchev–Trinajstić information content (AvgIpc) is 2.46. The van der Waals surface area contributed by atoms with E-state index in [0.29, 0.717) is 24.4 Å². The zero-order chi connectivity index (χ0) is 13.8. The molecule has 1 saturated heterocycles. The average molecular weight is 262 g/mol. The smallest absolute Gasteiger partial charge is 0.295 e. The predicted molar refractivity (Wildman–Crippen MR) is 71.5 cm³/mol. The molecular formula is C14H18N2O3. The van der Waals surface area contributed by atoms with Crippen LogP contribution in [-0.2, 0) is 4.79 Å². The van der Waals surface area contributed by atoms with Crippen LogP contribution in [-0.4, -0.2) is 49.9 Å². The minimum atomic E-state index is -0.451. The van der Waals surface area contributed by atoms with Crippen molar-refractivity contribution in [3.63, 3.8) is 0 Å². The van der Waals surface area contributed by atoms with Crippen LogP contribution < -0.4 is 10.1 Å². The van der Waals surface area contributed by atoms with E-state index in [1.807, 2.05) is 6.92 Å². The van der Waals surface area contributed by atoms with Crippen molar-refractivity contribution in [1.29, 1.82) is 0 Å². The van der Waals surface area contributed by atoms with Gasteiger partial charge in [0.05, 0.1) is 7.11 Å². The van der Waals surface area contributed by atoms with E-state index in [0.717, 1.165) is 18.7 Å². The number of rotatable bonds is 3. The van der Waals surface area contributed by atoms with Gasteiger partial charge in [-0.05, 0) is 30.7 Å². The summed E-state index contributed by atoms with van der Waals surface area (Å²) in [5, 5.41) is 3.15. The first kappa shape index (κ1) is 13.5. The van der Waals surface area contributed by atoms with Crippen LogP contribution in [0.3, 0.4) is 0 Å². The number of hydrogen-bond donors (Lipinski definition) is 1. The lowest BCUT2D eigenvalue weighted by molar-refractivity contribution is -0.126. The minimum absolute atomic E-state index is 0.418. The van der Waals surface area contributed by atoms with Crippen molar-refractivity contribution in [1.82, 2.24) is 10.2 Å². The van der Waals surface area contributed by atoms with Gasteiger partial charge >= 0.3 is 0 Å². The molecule has 1 heterocycles. The Morgan fingerprint density at radius 1 is 1.26 bits per heavy atom. The number of benzene rings is 1. The predicted octanol–water partition coefficient (Wildman–Crippen LogP) is 0.618. The second-order valence-corrected chi connectivity index (χ2v) is 4.56. The molecule has 0 bridgehead atoms. The van der Waals surface area contributed by atoms with E-state index in [2.05, 4.69) is 5.32 Å². The summed E-state index contributed by atoms with van der Waals surface area (Å²) in [6.07, 6.45) is 0. The molecule has 0 saturated carbocycles. The third-order valence-corrected chi connectivity index (χ3v) is 3.26. The standard InChI is InChI=1S/C14H18N2O3/c1-10-9-11(3-4-12(10)19-2)13(17)14(18)16-7-5-15-6-8-16/h3-4,9,15H,5-8H2,1-2H3. The molecule has 0 unspecified atom stereocenters. The third kappa shape index (κ3) is 2.93. The van der Waals surface area contributed by atoms with Crippen molar-refractivity contribution >= 4 is 11.7 Å². The van der Waals surface area contributed by atoms with Crippen molar-refractivity contribution in [2.45, 2.75) is 6.92 Å². The van der Waals surface area contributed by atoms with Crippen LogP contribution in [0.15, 0.2) is 18.2 Å². The van der Waals surface area contributed by atoms with E-state index in [1.165, 1.54) is 0 Å². The molecule has 1 aromatic carbocycles. The van der Waals surface area contributed by atoms with Crippen LogP contribution >= 0.6 is 0 Å². The number of Topliss-reactive ketones (excluding diaryl/α,β-unsaturated/α-hetero) is 1. The highest BCUT2D eigenvalue weighted by molar-refractivity contribution is 6.42. The topological polar surface area (TPSA) is 58.6 Å². The van der Waals surface area contributed by atoms with Crippen molar-refractivity contribution in [3.05, 3.63) is 29.3 Å². The summed E-state index contributed by atoms with van der Waals surface area (Å²) in [6.45, 7) is 4.49. The SMILES string of the molecule is COc1ccc(C(=O)C(=O)N2CCNCC2)cc1C. The van der Waals surface area contributed by atoms with Gasteiger partial charge in [-0.3, -0.25) is 9.59 Å². The van der Waals surface area contributed by atoms with E-state index in [9.17, 15) is 9.59 Å². The lowest BCUT2D eigenvalue weighted by Crippen LogP contribution is -2.48. The lowest BCUT2D eigenvalue weighted by Gasteiger charge is -2.26. The molecule has 0 atom stereocenters. The van der Waals surface area contributed by atoms with Crippen LogP contribution in [0.1, 0.15) is 15.9 Å². The number of piperazine rings is 1. The van der Waals surface area contributed by atoms with Gasteiger partial charge in [-0.15, -0.1) is 0 Å². The minimum Gasteiger partial charge on any atom is -0.496 e. The fourth-order valence-electron chi connectivity index (χ4n) is 2.15. The molecule has 1 N–H and O–H groups in total. The summed E-state index contributed by atoms with van der Waals surface area (Å²) in [4.78, 5) is 25.8. The fraction of sp³-hybridized carbons (Fsp3) is 0.429. The first-order chi connectivity index (χ1) is 9.13. The molecule has 5 heteroatoms. The highest BCUT2D eigenvalue weighted by Crippen LogP contribution is 2.19. The van der Waals surface area contributed by atoms with Gasteiger partial charge in [-0.2, -0.15) is 0 Å². The number of hydrogen-bond acceptors (Lipinski definition) is 4. The number of carbonyl (C=O) groups is 2.